The Kier molecular flexibility index (Phi) is 6.51. The van der Waals surface area contributed by atoms with E-state index in [2.05, 4.69) is 26.1 Å². The summed E-state index contributed by atoms with van der Waals surface area (Å²) in [6.45, 7) is 3.91. The highest BCUT2D eigenvalue weighted by Gasteiger charge is 2.12. The molecule has 1 aromatic rings. The lowest BCUT2D eigenvalue weighted by atomic mass is 10.2. The number of hydrogen-bond acceptors (Lipinski definition) is 3. The van der Waals surface area contributed by atoms with Gasteiger partial charge in [0, 0.05) is 17.6 Å². The molecular formula is C16H23BrN2O2. The summed E-state index contributed by atoms with van der Waals surface area (Å²) < 4.78 is 5.95. The third-order valence-corrected chi connectivity index (χ3v) is 4.52. The second kappa shape index (κ2) is 8.39. The van der Waals surface area contributed by atoms with E-state index < -0.39 is 0 Å². The van der Waals surface area contributed by atoms with E-state index in [9.17, 15) is 4.79 Å². The zero-order chi connectivity index (χ0) is 15.1. The molecule has 1 N–H and O–H groups in total. The van der Waals surface area contributed by atoms with Crippen molar-refractivity contribution in [1.82, 2.24) is 10.2 Å². The highest BCUT2D eigenvalue weighted by Crippen LogP contribution is 2.22. The van der Waals surface area contributed by atoms with Crippen molar-refractivity contribution in [3.8, 4) is 5.75 Å². The lowest BCUT2D eigenvalue weighted by molar-refractivity contribution is 0.0947. The molecular weight excluding hydrogens is 332 g/mol. The summed E-state index contributed by atoms with van der Waals surface area (Å²) in [6, 6.07) is 5.42. The lowest BCUT2D eigenvalue weighted by Gasteiger charge is -2.19. The van der Waals surface area contributed by atoms with E-state index in [1.165, 1.54) is 25.7 Å². The number of hydrogen-bond donors (Lipinski definition) is 1. The zero-order valence-electron chi connectivity index (χ0n) is 12.5. The van der Waals surface area contributed by atoms with Crippen LogP contribution in [0.3, 0.4) is 0 Å². The van der Waals surface area contributed by atoms with Gasteiger partial charge < -0.3 is 15.0 Å². The van der Waals surface area contributed by atoms with Crippen LogP contribution in [0.1, 0.15) is 36.0 Å². The Morgan fingerprint density at radius 2 is 2.00 bits per heavy atom. The fraction of sp³-hybridized carbons (Fsp3) is 0.562. The average Bonchev–Trinajstić information content (AvgIpc) is 2.76. The minimum atomic E-state index is -0.0596. The molecule has 1 fully saturated rings. The number of benzene rings is 1. The van der Waals surface area contributed by atoms with Gasteiger partial charge in [0.15, 0.2) is 0 Å². The van der Waals surface area contributed by atoms with Gasteiger partial charge in [0.1, 0.15) is 5.75 Å². The fourth-order valence-electron chi connectivity index (χ4n) is 2.59. The quantitative estimate of drug-likeness (QED) is 0.883. The van der Waals surface area contributed by atoms with Crippen molar-refractivity contribution in [2.45, 2.75) is 25.7 Å². The van der Waals surface area contributed by atoms with E-state index >= 15 is 0 Å². The smallest absolute Gasteiger partial charge is 0.252 e. The van der Waals surface area contributed by atoms with Gasteiger partial charge in [-0.3, -0.25) is 4.79 Å². The van der Waals surface area contributed by atoms with Crippen molar-refractivity contribution >= 4 is 21.8 Å². The van der Waals surface area contributed by atoms with Crippen LogP contribution in [0.5, 0.6) is 5.75 Å². The summed E-state index contributed by atoms with van der Waals surface area (Å²) in [5.74, 6) is 0.631. The van der Waals surface area contributed by atoms with Gasteiger partial charge >= 0.3 is 0 Å². The van der Waals surface area contributed by atoms with Gasteiger partial charge in [-0.1, -0.05) is 12.8 Å². The second-order valence-corrected chi connectivity index (χ2v) is 6.21. The van der Waals surface area contributed by atoms with Gasteiger partial charge in [-0.2, -0.15) is 0 Å². The van der Waals surface area contributed by atoms with Crippen LogP contribution in [0.4, 0.5) is 0 Å². The molecule has 0 bridgehead atoms. The van der Waals surface area contributed by atoms with Gasteiger partial charge in [0.25, 0.3) is 5.91 Å². The van der Waals surface area contributed by atoms with E-state index in [0.717, 1.165) is 24.1 Å². The van der Waals surface area contributed by atoms with Gasteiger partial charge in [0.2, 0.25) is 0 Å². The number of halogens is 1. The Morgan fingerprint density at radius 3 is 2.67 bits per heavy atom. The highest BCUT2D eigenvalue weighted by molar-refractivity contribution is 9.10. The molecule has 0 unspecified atom stereocenters. The predicted octanol–water partition coefficient (Wildman–Crippen LogP) is 3.06. The largest absolute Gasteiger partial charge is 0.497 e. The Balaban J connectivity index is 1.84. The van der Waals surface area contributed by atoms with Crippen molar-refractivity contribution in [3.05, 3.63) is 28.2 Å². The van der Waals surface area contributed by atoms with Crippen LogP contribution in [0, 0.1) is 0 Å². The van der Waals surface area contributed by atoms with Crippen LogP contribution in [0.2, 0.25) is 0 Å². The highest BCUT2D eigenvalue weighted by atomic mass is 79.9. The molecule has 1 aromatic carbocycles. The molecule has 1 aliphatic rings. The number of nitrogens with one attached hydrogen (secondary N) is 1. The molecule has 1 heterocycles. The summed E-state index contributed by atoms with van der Waals surface area (Å²) >= 11 is 3.41. The lowest BCUT2D eigenvalue weighted by Crippen LogP contribution is -2.35. The van der Waals surface area contributed by atoms with Crippen molar-refractivity contribution in [1.29, 1.82) is 0 Å². The molecule has 0 radical (unpaired) electrons. The molecule has 0 aliphatic carbocycles. The number of rotatable bonds is 5. The first-order chi connectivity index (χ1) is 10.2. The van der Waals surface area contributed by atoms with Crippen molar-refractivity contribution in [2.75, 3.05) is 33.3 Å². The number of carbonyl (C=O) groups is 1. The van der Waals surface area contributed by atoms with E-state index in [1.807, 2.05) is 12.1 Å². The van der Waals surface area contributed by atoms with Crippen LogP contribution >= 0.6 is 15.9 Å². The number of methoxy groups -OCH3 is 1. The van der Waals surface area contributed by atoms with Crippen molar-refractivity contribution < 1.29 is 9.53 Å². The average molecular weight is 355 g/mol. The second-order valence-electron chi connectivity index (χ2n) is 5.36. The minimum Gasteiger partial charge on any atom is -0.497 e. The molecule has 5 heteroatoms. The summed E-state index contributed by atoms with van der Waals surface area (Å²) in [4.78, 5) is 14.7. The maximum atomic E-state index is 12.2. The summed E-state index contributed by atoms with van der Waals surface area (Å²) in [6.07, 6.45) is 5.21. The Bertz CT molecular complexity index is 471. The summed E-state index contributed by atoms with van der Waals surface area (Å²) in [7, 11) is 1.60. The first kappa shape index (κ1) is 16.3. The van der Waals surface area contributed by atoms with Crippen molar-refractivity contribution in [3.63, 3.8) is 0 Å². The number of carbonyl (C=O) groups excluding carboxylic acids is 1. The normalized spacial score (nSPS) is 16.3. The molecule has 0 atom stereocenters. The summed E-state index contributed by atoms with van der Waals surface area (Å²) in [5.41, 5.74) is 0.616. The monoisotopic (exact) mass is 354 g/mol. The van der Waals surface area contributed by atoms with Gasteiger partial charge in [-0.05, 0) is 60.1 Å². The predicted molar refractivity (Wildman–Crippen MR) is 87.9 cm³/mol. The zero-order valence-corrected chi connectivity index (χ0v) is 14.1. The Morgan fingerprint density at radius 1 is 1.29 bits per heavy atom. The molecule has 21 heavy (non-hydrogen) atoms. The molecule has 0 aromatic heterocycles. The number of ether oxygens (including phenoxy) is 1. The van der Waals surface area contributed by atoms with E-state index in [0.29, 0.717) is 17.9 Å². The first-order valence-corrected chi connectivity index (χ1v) is 8.34. The number of likely N-dealkylation sites (tertiary alicyclic amines) is 1. The standard InChI is InChI=1S/C16H23BrN2O2/c1-21-13-6-7-15(17)14(12-13)16(20)18-8-11-19-9-4-2-3-5-10-19/h6-7,12H,2-5,8-11H2,1H3,(H,18,20). The maximum absolute atomic E-state index is 12.2. The van der Waals surface area contributed by atoms with E-state index in [4.69, 9.17) is 4.74 Å². The summed E-state index contributed by atoms with van der Waals surface area (Å²) in [5, 5.41) is 2.99. The van der Waals surface area contributed by atoms with Gasteiger partial charge in [0.05, 0.1) is 12.7 Å². The minimum absolute atomic E-state index is 0.0596. The fourth-order valence-corrected chi connectivity index (χ4v) is 3.01. The van der Waals surface area contributed by atoms with Crippen LogP contribution in [-0.4, -0.2) is 44.1 Å². The van der Waals surface area contributed by atoms with E-state index in [1.54, 1.807) is 13.2 Å². The first-order valence-electron chi connectivity index (χ1n) is 7.55. The molecule has 0 spiro atoms. The van der Waals surface area contributed by atoms with Gasteiger partial charge in [-0.25, -0.2) is 0 Å². The number of nitrogens with zero attached hydrogens (tertiary/aromatic N) is 1. The molecule has 1 amide bonds. The maximum Gasteiger partial charge on any atom is 0.252 e. The van der Waals surface area contributed by atoms with Crippen LogP contribution in [-0.2, 0) is 0 Å². The molecule has 116 valence electrons. The SMILES string of the molecule is COc1ccc(Br)c(C(=O)NCCN2CCCCCC2)c1. The Labute approximate surface area is 135 Å². The van der Waals surface area contributed by atoms with Crippen LogP contribution < -0.4 is 10.1 Å². The van der Waals surface area contributed by atoms with Crippen LogP contribution in [0.15, 0.2) is 22.7 Å². The topological polar surface area (TPSA) is 41.6 Å². The van der Waals surface area contributed by atoms with Gasteiger partial charge in [-0.15, -0.1) is 0 Å². The molecule has 1 aliphatic heterocycles. The van der Waals surface area contributed by atoms with E-state index in [-0.39, 0.29) is 5.91 Å². The Hall–Kier alpha value is -1.07. The third kappa shape index (κ3) is 5.00. The molecule has 1 saturated heterocycles. The molecule has 4 nitrogen and oxygen atoms in total. The third-order valence-electron chi connectivity index (χ3n) is 3.83. The van der Waals surface area contributed by atoms with Crippen LogP contribution in [0.25, 0.3) is 0 Å². The number of amides is 1. The molecule has 2 rings (SSSR count). The molecule has 0 saturated carbocycles. The van der Waals surface area contributed by atoms with Crippen molar-refractivity contribution in [2.24, 2.45) is 0 Å².